The molecule has 1 fully saturated rings. The van der Waals surface area contributed by atoms with Crippen LogP contribution in [0.3, 0.4) is 0 Å². The van der Waals surface area contributed by atoms with Gasteiger partial charge < -0.3 is 9.30 Å². The molecule has 4 rings (SSSR count). The molecular weight excluding hydrogens is 318 g/mol. The van der Waals surface area contributed by atoms with Gasteiger partial charge in [-0.2, -0.15) is 0 Å². The Morgan fingerprint density at radius 1 is 1.25 bits per heavy atom. The van der Waals surface area contributed by atoms with Crippen LogP contribution in [0.5, 0.6) is 0 Å². The molecule has 1 aliphatic rings. The van der Waals surface area contributed by atoms with E-state index in [0.717, 1.165) is 37.5 Å². The van der Waals surface area contributed by atoms with Crippen molar-refractivity contribution >= 4 is 22.4 Å². The second-order valence-electron chi connectivity index (χ2n) is 6.55. The highest BCUT2D eigenvalue weighted by atomic mass is 32.1. The predicted molar refractivity (Wildman–Crippen MR) is 98.1 cm³/mol. The number of hydrogen-bond acceptors (Lipinski definition) is 4. The SMILES string of the molecule is CN(Cc1ccc(C2CCCO2)s1)Cc1nc2ccccc2n1C. The number of ether oxygens (including phenoxy) is 1. The lowest BCUT2D eigenvalue weighted by molar-refractivity contribution is 0.114. The number of para-hydroxylation sites is 2. The smallest absolute Gasteiger partial charge is 0.123 e. The van der Waals surface area contributed by atoms with Crippen LogP contribution in [0.25, 0.3) is 11.0 Å². The van der Waals surface area contributed by atoms with Crippen molar-refractivity contribution in [3.05, 3.63) is 52.0 Å². The zero-order chi connectivity index (χ0) is 16.5. The van der Waals surface area contributed by atoms with Gasteiger partial charge in [-0.25, -0.2) is 4.98 Å². The van der Waals surface area contributed by atoms with E-state index >= 15 is 0 Å². The van der Waals surface area contributed by atoms with E-state index < -0.39 is 0 Å². The lowest BCUT2D eigenvalue weighted by atomic mass is 10.2. The Hall–Kier alpha value is -1.69. The Kier molecular flexibility index (Phi) is 4.39. The lowest BCUT2D eigenvalue weighted by Gasteiger charge is -2.15. The largest absolute Gasteiger partial charge is 0.373 e. The predicted octanol–water partition coefficient (Wildman–Crippen LogP) is 4.12. The summed E-state index contributed by atoms with van der Waals surface area (Å²) in [5.41, 5.74) is 2.26. The van der Waals surface area contributed by atoms with E-state index in [0.29, 0.717) is 6.10 Å². The van der Waals surface area contributed by atoms with Gasteiger partial charge in [0.2, 0.25) is 0 Å². The third-order valence-electron chi connectivity index (χ3n) is 4.65. The quantitative estimate of drug-likeness (QED) is 0.699. The molecule has 1 atom stereocenters. The molecule has 2 aromatic heterocycles. The van der Waals surface area contributed by atoms with Crippen molar-refractivity contribution in [2.45, 2.75) is 32.0 Å². The maximum atomic E-state index is 5.79. The molecule has 0 radical (unpaired) electrons. The highest BCUT2D eigenvalue weighted by Crippen LogP contribution is 2.33. The number of thiophene rings is 1. The summed E-state index contributed by atoms with van der Waals surface area (Å²) >= 11 is 1.88. The Morgan fingerprint density at radius 2 is 2.12 bits per heavy atom. The van der Waals surface area contributed by atoms with Crippen molar-refractivity contribution in [2.75, 3.05) is 13.7 Å². The number of nitrogens with zero attached hydrogens (tertiary/aromatic N) is 3. The van der Waals surface area contributed by atoms with Crippen LogP contribution in [0.2, 0.25) is 0 Å². The number of imidazole rings is 1. The van der Waals surface area contributed by atoms with Crippen molar-refractivity contribution in [3.63, 3.8) is 0 Å². The number of benzene rings is 1. The van der Waals surface area contributed by atoms with E-state index in [-0.39, 0.29) is 0 Å². The maximum absolute atomic E-state index is 5.79. The first-order chi connectivity index (χ1) is 11.7. The topological polar surface area (TPSA) is 30.3 Å². The number of aryl methyl sites for hydroxylation is 1. The average molecular weight is 341 g/mol. The molecule has 1 aromatic carbocycles. The highest BCUT2D eigenvalue weighted by Gasteiger charge is 2.19. The van der Waals surface area contributed by atoms with Gasteiger partial charge in [0.15, 0.2) is 0 Å². The van der Waals surface area contributed by atoms with Gasteiger partial charge >= 0.3 is 0 Å². The molecule has 4 nitrogen and oxygen atoms in total. The first kappa shape index (κ1) is 15.8. The first-order valence-corrected chi connectivity index (χ1v) is 9.31. The minimum Gasteiger partial charge on any atom is -0.373 e. The van der Waals surface area contributed by atoms with Crippen molar-refractivity contribution in [1.82, 2.24) is 14.5 Å². The third-order valence-corrected chi connectivity index (χ3v) is 5.81. The van der Waals surface area contributed by atoms with Gasteiger partial charge in [-0.3, -0.25) is 4.90 Å². The minimum absolute atomic E-state index is 0.328. The van der Waals surface area contributed by atoms with Crippen LogP contribution in [0.4, 0.5) is 0 Å². The van der Waals surface area contributed by atoms with Gasteiger partial charge in [0.05, 0.1) is 23.7 Å². The summed E-state index contributed by atoms with van der Waals surface area (Å²) in [6, 6.07) is 12.8. The Morgan fingerprint density at radius 3 is 2.92 bits per heavy atom. The van der Waals surface area contributed by atoms with Crippen LogP contribution in [0.1, 0.15) is 34.5 Å². The van der Waals surface area contributed by atoms with Crippen LogP contribution >= 0.6 is 11.3 Å². The normalized spacial score (nSPS) is 18.0. The zero-order valence-corrected chi connectivity index (χ0v) is 15.1. The number of aromatic nitrogens is 2. The van der Waals surface area contributed by atoms with Crippen LogP contribution in [0.15, 0.2) is 36.4 Å². The second kappa shape index (κ2) is 6.67. The molecule has 0 bridgehead atoms. The van der Waals surface area contributed by atoms with E-state index in [4.69, 9.17) is 9.72 Å². The molecule has 3 aromatic rings. The van der Waals surface area contributed by atoms with Gasteiger partial charge in [-0.05, 0) is 44.2 Å². The molecule has 0 spiro atoms. The number of hydrogen-bond donors (Lipinski definition) is 0. The van der Waals surface area contributed by atoms with Crippen LogP contribution in [0, 0.1) is 0 Å². The standard InChI is InChI=1S/C19H23N3OS/c1-21(12-14-9-10-18(24-14)17-8-5-11-23-17)13-19-20-15-6-3-4-7-16(15)22(19)2/h3-4,6-7,9-10,17H,5,8,11-13H2,1-2H3. The van der Waals surface area contributed by atoms with Crippen molar-refractivity contribution in [2.24, 2.45) is 7.05 Å². The molecule has 0 N–H and O–H groups in total. The molecule has 1 unspecified atom stereocenters. The molecule has 0 aliphatic carbocycles. The fourth-order valence-corrected chi connectivity index (χ4v) is 4.53. The van der Waals surface area contributed by atoms with Crippen LogP contribution in [-0.2, 0) is 24.9 Å². The summed E-state index contributed by atoms with van der Waals surface area (Å²) in [6.45, 7) is 2.70. The first-order valence-electron chi connectivity index (χ1n) is 8.50. The summed E-state index contributed by atoms with van der Waals surface area (Å²) in [6.07, 6.45) is 2.68. The zero-order valence-electron chi connectivity index (χ0n) is 14.2. The summed E-state index contributed by atoms with van der Waals surface area (Å²) in [4.78, 5) is 9.86. The molecular formula is C19H23N3OS. The van der Waals surface area contributed by atoms with E-state index in [2.05, 4.69) is 53.9 Å². The molecule has 5 heteroatoms. The average Bonchev–Trinajstić information content (AvgIpc) is 3.29. The summed E-state index contributed by atoms with van der Waals surface area (Å²) in [5, 5.41) is 0. The maximum Gasteiger partial charge on any atom is 0.123 e. The lowest BCUT2D eigenvalue weighted by Crippen LogP contribution is -2.19. The van der Waals surface area contributed by atoms with Gasteiger partial charge in [-0.15, -0.1) is 11.3 Å². The van der Waals surface area contributed by atoms with Gasteiger partial charge in [-0.1, -0.05) is 12.1 Å². The van der Waals surface area contributed by atoms with E-state index in [1.165, 1.54) is 21.7 Å². The van der Waals surface area contributed by atoms with Crippen molar-refractivity contribution < 1.29 is 4.74 Å². The number of fused-ring (bicyclic) bond motifs is 1. The Labute approximate surface area is 146 Å². The molecule has 126 valence electrons. The molecule has 1 aliphatic heterocycles. The minimum atomic E-state index is 0.328. The fraction of sp³-hybridized carbons (Fsp3) is 0.421. The van der Waals surface area contributed by atoms with E-state index in [1.54, 1.807) is 0 Å². The van der Waals surface area contributed by atoms with Gasteiger partial charge in [0, 0.05) is 30.0 Å². The Balaban J connectivity index is 1.44. The highest BCUT2D eigenvalue weighted by molar-refractivity contribution is 7.12. The van der Waals surface area contributed by atoms with Crippen molar-refractivity contribution in [3.8, 4) is 0 Å². The number of rotatable bonds is 5. The molecule has 24 heavy (non-hydrogen) atoms. The van der Waals surface area contributed by atoms with Gasteiger partial charge in [0.25, 0.3) is 0 Å². The third kappa shape index (κ3) is 3.11. The molecule has 0 saturated carbocycles. The molecule has 3 heterocycles. The summed E-state index contributed by atoms with van der Waals surface area (Å²) < 4.78 is 7.98. The second-order valence-corrected chi connectivity index (χ2v) is 7.75. The van der Waals surface area contributed by atoms with E-state index in [9.17, 15) is 0 Å². The summed E-state index contributed by atoms with van der Waals surface area (Å²) in [7, 11) is 4.25. The monoisotopic (exact) mass is 341 g/mol. The molecule has 1 saturated heterocycles. The van der Waals surface area contributed by atoms with Crippen molar-refractivity contribution in [1.29, 1.82) is 0 Å². The van der Waals surface area contributed by atoms with E-state index in [1.807, 2.05) is 17.4 Å². The van der Waals surface area contributed by atoms with Gasteiger partial charge in [0.1, 0.15) is 5.82 Å². The van der Waals surface area contributed by atoms with Crippen LogP contribution in [-0.4, -0.2) is 28.1 Å². The fourth-order valence-electron chi connectivity index (χ4n) is 3.35. The molecule has 0 amide bonds. The Bertz CT molecular complexity index is 832. The summed E-state index contributed by atoms with van der Waals surface area (Å²) in [5.74, 6) is 1.11. The van der Waals surface area contributed by atoms with Crippen LogP contribution < -0.4 is 0 Å².